The third-order valence-electron chi connectivity index (χ3n) is 14.8. The monoisotopic (exact) mass is 1010 g/mol. The molecular weight excluding hydrogens is 935 g/mol. The second-order valence-electron chi connectivity index (χ2n) is 20.2. The Morgan fingerprint density at radius 1 is 0.958 bits per heavy atom. The molecule has 2 amide bonds. The van der Waals surface area contributed by atoms with E-state index in [0.717, 1.165) is 4.90 Å². The highest BCUT2D eigenvalue weighted by Crippen LogP contribution is 2.41. The van der Waals surface area contributed by atoms with Crippen molar-refractivity contribution in [3.8, 4) is 0 Å². The molecule has 4 N–H and O–H groups in total. The third kappa shape index (κ3) is 15.5. The van der Waals surface area contributed by atoms with Gasteiger partial charge in [-0.05, 0) is 114 Å². The predicted molar refractivity (Wildman–Crippen MR) is 263 cm³/mol. The average Bonchev–Trinajstić information content (AvgIpc) is 3.36. The number of aliphatic hydroxyl groups is 3. The van der Waals surface area contributed by atoms with Crippen LogP contribution >= 0.6 is 11.8 Å². The number of carbonyl (C=O) groups excluding carboxylic acids is 8. The Morgan fingerprint density at radius 3 is 2.39 bits per heavy atom. The number of esters is 1. The van der Waals surface area contributed by atoms with Gasteiger partial charge >= 0.3 is 5.97 Å². The summed E-state index contributed by atoms with van der Waals surface area (Å²) in [6.07, 6.45) is 5.57. The number of hydrogen-bond acceptors (Lipinski definition) is 16. The smallest absolute Gasteiger partial charge is 0.329 e. The number of pyridine rings is 1. The molecule has 71 heavy (non-hydrogen) atoms. The van der Waals surface area contributed by atoms with Gasteiger partial charge in [-0.1, -0.05) is 37.6 Å². The number of allylic oxidation sites excluding steroid dienone is 3. The van der Waals surface area contributed by atoms with Crippen LogP contribution in [-0.2, 0) is 59.0 Å². The van der Waals surface area contributed by atoms with Gasteiger partial charge in [-0.3, -0.25) is 24.2 Å². The molecule has 1 saturated carbocycles. The lowest BCUT2D eigenvalue weighted by Gasteiger charge is -2.45. The Bertz CT molecular complexity index is 2070. The van der Waals surface area contributed by atoms with Crippen LogP contribution in [0.4, 0.5) is 0 Å². The SMILES string of the molecule is CO[C@@H]1C[C@H](/C=C(\C)[C@H]2OC(=O)[C@@H]3CCCCN3C(=O)C(=O)[C@]3(O)O[C@H]([C@@H](C=O)C[C@@H](C=O)C/C(C)=C/[C@@H](CCCSCCNC(=O)Cc4ccccn4)C(=O)C[C@H](O)[C@H]2C)[C@@H](C=O)C[C@H]3C)CC[C@H]1O. The molecule has 5 rings (SSSR count). The lowest BCUT2D eigenvalue weighted by Crippen LogP contribution is -2.63. The molecule has 18 heteroatoms. The number of Topliss-reactive ketones (excluding diaryl/α,β-unsaturated/α-hetero) is 2. The van der Waals surface area contributed by atoms with Crippen molar-refractivity contribution in [1.82, 2.24) is 15.2 Å². The molecule has 3 fully saturated rings. The van der Waals surface area contributed by atoms with E-state index in [2.05, 4.69) is 10.3 Å². The molecule has 0 unspecified atom stereocenters. The molecule has 17 nitrogen and oxygen atoms in total. The van der Waals surface area contributed by atoms with Gasteiger partial charge in [0.15, 0.2) is 0 Å². The van der Waals surface area contributed by atoms with Crippen molar-refractivity contribution >= 4 is 60.0 Å². The molecule has 1 aromatic heterocycles. The fraction of sp³-hybridized carbons (Fsp3) is 0.679. The summed E-state index contributed by atoms with van der Waals surface area (Å²) < 4.78 is 17.9. The molecule has 4 heterocycles. The molecule has 14 atom stereocenters. The second-order valence-corrected chi connectivity index (χ2v) is 21.4. The molecular formula is C53H75N3O14S. The minimum atomic E-state index is -2.78. The molecule has 4 aliphatic rings. The largest absolute Gasteiger partial charge is 0.456 e. The number of methoxy groups -OCH3 is 1. The molecule has 0 aromatic carbocycles. The van der Waals surface area contributed by atoms with E-state index in [1.54, 1.807) is 56.9 Å². The van der Waals surface area contributed by atoms with E-state index < -0.39 is 95.5 Å². The summed E-state index contributed by atoms with van der Waals surface area (Å²) in [7, 11) is 1.53. The van der Waals surface area contributed by atoms with Crippen molar-refractivity contribution < 1.29 is 67.9 Å². The number of carbonyl (C=O) groups is 8. The van der Waals surface area contributed by atoms with Crippen molar-refractivity contribution in [3.63, 3.8) is 0 Å². The predicted octanol–water partition coefficient (Wildman–Crippen LogP) is 4.11. The molecule has 3 aliphatic heterocycles. The summed E-state index contributed by atoms with van der Waals surface area (Å²) >= 11 is 1.61. The summed E-state index contributed by atoms with van der Waals surface area (Å²) in [5.74, 6) is -11.0. The molecule has 1 aliphatic carbocycles. The maximum Gasteiger partial charge on any atom is 0.329 e. The first kappa shape index (κ1) is 57.4. The fourth-order valence-electron chi connectivity index (χ4n) is 10.7. The molecule has 0 radical (unpaired) electrons. The average molecular weight is 1010 g/mol. The van der Waals surface area contributed by atoms with E-state index in [9.17, 15) is 53.7 Å². The number of aliphatic hydroxyl groups excluding tert-OH is 2. The van der Waals surface area contributed by atoms with Crippen molar-refractivity contribution in [3.05, 3.63) is 53.4 Å². The van der Waals surface area contributed by atoms with Gasteiger partial charge < -0.3 is 54.1 Å². The standard InChI is InChI=1S/C53H75N3O14S/c1-32-21-37(29-57)25-40(31-59)49-39(30-58)24-34(3)53(67,70-49)50(64)51(65)56-18-9-7-13-42(56)52(66)69-48(33(2)23-36-14-15-43(60)46(26-36)68-5)35(4)44(61)28-45(62)38(22-32)11-10-19-71-20-17-55-47(63)27-41-12-6-8-16-54-41/h6,8,12,16,22-23,29-31,34-40,42-44,46,48-49,60-61,67H,7,9-11,13-15,17-21,24-28H2,1-5H3,(H,55,63)/b32-22+,33-23+/t34-,35-,36+,37+,38-,39-,40-,42+,43-,44+,46-,48-,49+,53-/m1/s1. The Hall–Kier alpha value is -4.46. The van der Waals surface area contributed by atoms with E-state index in [1.165, 1.54) is 14.0 Å². The number of ether oxygens (including phenoxy) is 3. The number of nitrogens with one attached hydrogen (secondary N) is 1. The highest BCUT2D eigenvalue weighted by atomic mass is 32.2. The first-order valence-electron chi connectivity index (χ1n) is 25.3. The second kappa shape index (κ2) is 27.6. The number of hydrogen-bond donors (Lipinski definition) is 4. The lowest BCUT2D eigenvalue weighted by atomic mass is 9.75. The number of cyclic esters (lactones) is 1. The minimum Gasteiger partial charge on any atom is -0.456 e. The Kier molecular flexibility index (Phi) is 22.3. The van der Waals surface area contributed by atoms with Crippen LogP contribution in [0.25, 0.3) is 0 Å². The van der Waals surface area contributed by atoms with Crippen LogP contribution in [0.15, 0.2) is 47.7 Å². The normalized spacial score (nSPS) is 34.9. The quantitative estimate of drug-likeness (QED) is 0.0634. The maximum absolute atomic E-state index is 14.5. The van der Waals surface area contributed by atoms with E-state index in [1.807, 2.05) is 12.1 Å². The minimum absolute atomic E-state index is 0.0301. The van der Waals surface area contributed by atoms with E-state index in [4.69, 9.17) is 14.2 Å². The number of nitrogens with zero attached hydrogens (tertiary/aromatic N) is 2. The number of amides is 2. The van der Waals surface area contributed by atoms with Crippen LogP contribution in [0.2, 0.25) is 0 Å². The fourth-order valence-corrected chi connectivity index (χ4v) is 11.5. The van der Waals surface area contributed by atoms with Crippen molar-refractivity contribution in [2.45, 2.75) is 154 Å². The summed E-state index contributed by atoms with van der Waals surface area (Å²) in [5, 5.41) is 37.4. The summed E-state index contributed by atoms with van der Waals surface area (Å²) in [4.78, 5) is 113. The van der Waals surface area contributed by atoms with Crippen molar-refractivity contribution in [2.75, 3.05) is 31.7 Å². The van der Waals surface area contributed by atoms with Crippen molar-refractivity contribution in [2.24, 2.45) is 41.4 Å². The van der Waals surface area contributed by atoms with E-state index in [0.29, 0.717) is 98.7 Å². The zero-order chi connectivity index (χ0) is 51.8. The topological polar surface area (TPSA) is 253 Å². The van der Waals surface area contributed by atoms with Gasteiger partial charge in [-0.2, -0.15) is 11.8 Å². The molecule has 2 saturated heterocycles. The zero-order valence-corrected chi connectivity index (χ0v) is 42.7. The molecule has 392 valence electrons. The van der Waals surface area contributed by atoms with E-state index in [-0.39, 0.29) is 62.7 Å². The number of thioether (sulfide) groups is 1. The van der Waals surface area contributed by atoms with Gasteiger partial charge in [0, 0.05) is 79.8 Å². The molecule has 0 spiro atoms. The Balaban J connectivity index is 1.45. The molecule has 1 aromatic rings. The number of aldehydes is 3. The molecule has 2 bridgehead atoms. The highest BCUT2D eigenvalue weighted by molar-refractivity contribution is 7.99. The van der Waals surface area contributed by atoms with Gasteiger partial charge in [-0.25, -0.2) is 4.79 Å². The summed E-state index contributed by atoms with van der Waals surface area (Å²) in [6, 6.07) is 4.12. The number of aromatic nitrogens is 1. The summed E-state index contributed by atoms with van der Waals surface area (Å²) in [5.41, 5.74) is 1.90. The zero-order valence-electron chi connectivity index (χ0n) is 41.9. The van der Waals surface area contributed by atoms with Gasteiger partial charge in [0.25, 0.3) is 11.7 Å². The first-order chi connectivity index (χ1) is 33.9. The lowest BCUT2D eigenvalue weighted by molar-refractivity contribution is -0.278. The van der Waals surface area contributed by atoms with Gasteiger partial charge in [0.05, 0.1) is 30.8 Å². The highest BCUT2D eigenvalue weighted by Gasteiger charge is 2.56. The number of ketones is 2. The number of rotatable bonds is 15. The number of piperidine rings is 1. The van der Waals surface area contributed by atoms with E-state index >= 15 is 0 Å². The van der Waals surface area contributed by atoms with Crippen LogP contribution in [-0.4, -0.2) is 147 Å². The maximum atomic E-state index is 14.5. The summed E-state index contributed by atoms with van der Waals surface area (Å²) in [6.45, 7) is 7.07. The van der Waals surface area contributed by atoms with Crippen LogP contribution in [0.1, 0.15) is 110 Å². The van der Waals surface area contributed by atoms with Crippen LogP contribution in [0.3, 0.4) is 0 Å². The first-order valence-corrected chi connectivity index (χ1v) is 26.4. The van der Waals surface area contributed by atoms with Crippen LogP contribution < -0.4 is 5.32 Å². The Labute approximate surface area is 421 Å². The number of fused-ring (bicyclic) bond motifs is 3. The van der Waals surface area contributed by atoms with Crippen LogP contribution in [0.5, 0.6) is 0 Å². The van der Waals surface area contributed by atoms with Crippen LogP contribution in [0, 0.1) is 41.4 Å². The van der Waals surface area contributed by atoms with Gasteiger partial charge in [0.2, 0.25) is 11.7 Å². The van der Waals surface area contributed by atoms with Gasteiger partial charge in [0.1, 0.15) is 36.8 Å². The third-order valence-corrected chi connectivity index (χ3v) is 15.9. The van der Waals surface area contributed by atoms with Gasteiger partial charge in [-0.15, -0.1) is 0 Å². The van der Waals surface area contributed by atoms with Crippen molar-refractivity contribution in [1.29, 1.82) is 0 Å². The Morgan fingerprint density at radius 2 is 1.70 bits per heavy atom.